The molecule has 2 heterocycles. The number of hydrogen-bond acceptors (Lipinski definition) is 2. The zero-order valence-corrected chi connectivity index (χ0v) is 23.8. The minimum Gasteiger partial charge on any atom is -0.265 e. The monoisotopic (exact) mass is 548 g/mol. The van der Waals surface area contributed by atoms with E-state index in [4.69, 9.17) is 0 Å². The largest absolute Gasteiger partial charge is 0.265 e. The Bertz CT molecular complexity index is 2230. The number of aromatic nitrogens is 2. The third-order valence-corrected chi connectivity index (χ3v) is 8.61. The van der Waals surface area contributed by atoms with E-state index in [1.54, 1.807) is 0 Å². The first-order valence-electron chi connectivity index (χ1n) is 14.7. The van der Waals surface area contributed by atoms with E-state index in [9.17, 15) is 0 Å². The maximum absolute atomic E-state index is 4.50. The Balaban J connectivity index is 1.40. The van der Waals surface area contributed by atoms with Gasteiger partial charge >= 0.3 is 0 Å². The van der Waals surface area contributed by atoms with Gasteiger partial charge in [0.15, 0.2) is 0 Å². The number of pyridine rings is 2. The van der Waals surface area contributed by atoms with Gasteiger partial charge in [0.05, 0.1) is 0 Å². The highest BCUT2D eigenvalue weighted by atomic mass is 14.7. The van der Waals surface area contributed by atoms with Crippen LogP contribution in [0.15, 0.2) is 152 Å². The average molecular weight is 549 g/mol. The molecule has 0 bridgehead atoms. The van der Waals surface area contributed by atoms with Crippen LogP contribution in [-0.2, 0) is 0 Å². The summed E-state index contributed by atoms with van der Waals surface area (Å²) < 4.78 is 0. The van der Waals surface area contributed by atoms with Crippen molar-refractivity contribution in [2.45, 2.75) is 6.92 Å². The van der Waals surface area contributed by atoms with Crippen molar-refractivity contribution >= 4 is 32.3 Å². The minimum atomic E-state index is 1.04. The molecular formula is C41H28N2. The van der Waals surface area contributed by atoms with E-state index in [1.807, 2.05) is 24.7 Å². The standard InChI is InChI=1S/C41H28N2/c1-27-31(15-8-24-43-27)28-16-18-30(19-17-28)40-35-11-4-6-13-37(35)41(38-14-7-5-12-36(38)40)39-21-20-32(29-22-25-42-26-23-29)33-9-2-3-10-34(33)39/h2-26H,1H3. The Morgan fingerprint density at radius 2 is 0.837 bits per heavy atom. The van der Waals surface area contributed by atoms with Crippen molar-refractivity contribution in [1.82, 2.24) is 9.97 Å². The maximum atomic E-state index is 4.50. The summed E-state index contributed by atoms with van der Waals surface area (Å²) in [6.07, 6.45) is 5.58. The van der Waals surface area contributed by atoms with Crippen molar-refractivity contribution in [3.63, 3.8) is 0 Å². The van der Waals surface area contributed by atoms with E-state index in [0.29, 0.717) is 0 Å². The summed E-state index contributed by atoms with van der Waals surface area (Å²) in [6, 6.07) is 48.3. The molecule has 0 atom stereocenters. The Labute approximate surface area is 251 Å². The average Bonchev–Trinajstić information content (AvgIpc) is 3.08. The van der Waals surface area contributed by atoms with Gasteiger partial charge in [0.1, 0.15) is 0 Å². The van der Waals surface area contributed by atoms with Crippen LogP contribution < -0.4 is 0 Å². The van der Waals surface area contributed by atoms with Gasteiger partial charge < -0.3 is 0 Å². The number of benzene rings is 6. The number of rotatable bonds is 4. The molecule has 2 heteroatoms. The van der Waals surface area contributed by atoms with Gasteiger partial charge in [-0.2, -0.15) is 0 Å². The first-order chi connectivity index (χ1) is 21.3. The second kappa shape index (κ2) is 10.3. The SMILES string of the molecule is Cc1ncccc1-c1ccc(-c2c3ccccc3c(-c3ccc(-c4ccncc4)c4ccccc34)c3ccccc23)cc1. The molecule has 0 unspecified atom stereocenters. The van der Waals surface area contributed by atoms with Crippen molar-refractivity contribution in [3.8, 4) is 44.5 Å². The lowest BCUT2D eigenvalue weighted by Gasteiger charge is -2.20. The Morgan fingerprint density at radius 3 is 1.44 bits per heavy atom. The predicted molar refractivity (Wildman–Crippen MR) is 181 cm³/mol. The summed E-state index contributed by atoms with van der Waals surface area (Å²) >= 11 is 0. The van der Waals surface area contributed by atoms with E-state index >= 15 is 0 Å². The minimum absolute atomic E-state index is 1.04. The van der Waals surface area contributed by atoms with Gasteiger partial charge in [-0.15, -0.1) is 0 Å². The molecule has 0 aliphatic carbocycles. The molecule has 0 aliphatic heterocycles. The summed E-state index contributed by atoms with van der Waals surface area (Å²) in [5, 5.41) is 7.50. The van der Waals surface area contributed by atoms with Gasteiger partial charge in [-0.1, -0.05) is 115 Å². The molecular weight excluding hydrogens is 520 g/mol. The first kappa shape index (κ1) is 25.1. The second-order valence-corrected chi connectivity index (χ2v) is 11.0. The lowest BCUT2D eigenvalue weighted by Crippen LogP contribution is -1.93. The lowest BCUT2D eigenvalue weighted by molar-refractivity contribution is 1.20. The molecule has 6 aromatic carbocycles. The van der Waals surface area contributed by atoms with Crippen LogP contribution in [0.2, 0.25) is 0 Å². The highest BCUT2D eigenvalue weighted by molar-refractivity contribution is 6.24. The Kier molecular flexibility index (Phi) is 6.05. The maximum Gasteiger partial charge on any atom is 0.0450 e. The Morgan fingerprint density at radius 1 is 0.349 bits per heavy atom. The van der Waals surface area contributed by atoms with Crippen LogP contribution in [0.1, 0.15) is 5.69 Å². The molecule has 0 radical (unpaired) electrons. The fraction of sp³-hybridized carbons (Fsp3) is 0.0244. The van der Waals surface area contributed by atoms with E-state index in [1.165, 1.54) is 76.8 Å². The van der Waals surface area contributed by atoms with Crippen molar-refractivity contribution in [2.24, 2.45) is 0 Å². The third kappa shape index (κ3) is 4.19. The van der Waals surface area contributed by atoms with Gasteiger partial charge in [0.2, 0.25) is 0 Å². The predicted octanol–water partition coefficient (Wildman–Crippen LogP) is 10.9. The molecule has 2 nitrogen and oxygen atoms in total. The van der Waals surface area contributed by atoms with Crippen LogP contribution >= 0.6 is 0 Å². The normalized spacial score (nSPS) is 11.4. The highest BCUT2D eigenvalue weighted by Gasteiger charge is 2.19. The topological polar surface area (TPSA) is 25.8 Å². The van der Waals surface area contributed by atoms with Crippen molar-refractivity contribution in [2.75, 3.05) is 0 Å². The fourth-order valence-electron chi connectivity index (χ4n) is 6.64. The molecule has 8 aromatic rings. The zero-order chi connectivity index (χ0) is 28.8. The van der Waals surface area contributed by atoms with Crippen molar-refractivity contribution < 1.29 is 0 Å². The van der Waals surface area contributed by atoms with E-state index in [2.05, 4.69) is 144 Å². The summed E-state index contributed by atoms with van der Waals surface area (Å²) in [5.41, 5.74) is 10.8. The molecule has 43 heavy (non-hydrogen) atoms. The lowest BCUT2D eigenvalue weighted by atomic mass is 9.83. The van der Waals surface area contributed by atoms with Crippen LogP contribution in [0.4, 0.5) is 0 Å². The molecule has 0 spiro atoms. The van der Waals surface area contributed by atoms with Crippen molar-refractivity contribution in [1.29, 1.82) is 0 Å². The van der Waals surface area contributed by atoms with Gasteiger partial charge in [-0.3, -0.25) is 9.97 Å². The molecule has 202 valence electrons. The molecule has 0 N–H and O–H groups in total. The van der Waals surface area contributed by atoms with Gasteiger partial charge in [-0.05, 0) is 96.4 Å². The van der Waals surface area contributed by atoms with Crippen LogP contribution in [0, 0.1) is 6.92 Å². The van der Waals surface area contributed by atoms with E-state index in [0.717, 1.165) is 5.69 Å². The Hall–Kier alpha value is -5.60. The summed E-state index contributed by atoms with van der Waals surface area (Å²) in [6.45, 7) is 2.07. The molecule has 0 aliphatic rings. The summed E-state index contributed by atoms with van der Waals surface area (Å²) in [7, 11) is 0. The van der Waals surface area contributed by atoms with Gasteiger partial charge in [0, 0.05) is 29.8 Å². The number of aryl methyl sites for hydroxylation is 1. The van der Waals surface area contributed by atoms with Crippen LogP contribution in [-0.4, -0.2) is 9.97 Å². The van der Waals surface area contributed by atoms with Crippen LogP contribution in [0.25, 0.3) is 76.8 Å². The van der Waals surface area contributed by atoms with Crippen LogP contribution in [0.5, 0.6) is 0 Å². The number of nitrogens with zero attached hydrogens (tertiary/aromatic N) is 2. The highest BCUT2D eigenvalue weighted by Crippen LogP contribution is 2.46. The molecule has 8 rings (SSSR count). The van der Waals surface area contributed by atoms with Gasteiger partial charge in [-0.25, -0.2) is 0 Å². The second-order valence-electron chi connectivity index (χ2n) is 11.0. The van der Waals surface area contributed by atoms with Crippen molar-refractivity contribution in [3.05, 3.63) is 158 Å². The fourth-order valence-corrected chi connectivity index (χ4v) is 6.64. The first-order valence-corrected chi connectivity index (χ1v) is 14.7. The summed E-state index contributed by atoms with van der Waals surface area (Å²) in [4.78, 5) is 8.74. The quantitative estimate of drug-likeness (QED) is 0.204. The number of hydrogen-bond donors (Lipinski definition) is 0. The smallest absolute Gasteiger partial charge is 0.0450 e. The van der Waals surface area contributed by atoms with Gasteiger partial charge in [0.25, 0.3) is 0 Å². The molecule has 0 amide bonds. The third-order valence-electron chi connectivity index (χ3n) is 8.61. The summed E-state index contributed by atoms with van der Waals surface area (Å²) in [5.74, 6) is 0. The molecule has 2 aromatic heterocycles. The van der Waals surface area contributed by atoms with Crippen LogP contribution in [0.3, 0.4) is 0 Å². The van der Waals surface area contributed by atoms with E-state index in [-0.39, 0.29) is 0 Å². The zero-order valence-electron chi connectivity index (χ0n) is 23.8. The number of fused-ring (bicyclic) bond motifs is 3. The molecule has 0 saturated carbocycles. The molecule has 0 fully saturated rings. The van der Waals surface area contributed by atoms with E-state index < -0.39 is 0 Å². The molecule has 0 saturated heterocycles.